The number of nitrogens with two attached hydrogens (primary N) is 1. The Kier molecular flexibility index (Phi) is 3.18. The maximum atomic E-state index is 6.06. The predicted molar refractivity (Wildman–Crippen MR) is 71.2 cm³/mol. The lowest BCUT2D eigenvalue weighted by Crippen LogP contribution is -2.00. The van der Waals surface area contributed by atoms with Crippen LogP contribution in [0.4, 0.5) is 5.69 Å². The van der Waals surface area contributed by atoms with Crippen LogP contribution in [0, 0.1) is 5.92 Å². The number of nitrogens with zero attached hydrogens (tertiary/aromatic N) is 1. The number of ether oxygens (including phenoxy) is 1. The number of aromatic nitrogens is 1. The third kappa shape index (κ3) is 2.49. The Morgan fingerprint density at radius 1 is 1.29 bits per heavy atom. The van der Waals surface area contributed by atoms with E-state index in [1.54, 1.807) is 7.11 Å². The van der Waals surface area contributed by atoms with Crippen LogP contribution in [0.5, 0.6) is 5.75 Å². The van der Waals surface area contributed by atoms with Gasteiger partial charge in [0.05, 0.1) is 12.6 Å². The lowest BCUT2D eigenvalue weighted by molar-refractivity contribution is 0.415. The molecule has 90 valence electrons. The molecule has 17 heavy (non-hydrogen) atoms. The van der Waals surface area contributed by atoms with Crippen molar-refractivity contribution in [3.8, 4) is 5.75 Å². The molecule has 0 amide bonds. The van der Waals surface area contributed by atoms with Crippen LogP contribution in [0.1, 0.15) is 19.5 Å². The molecule has 0 saturated heterocycles. The minimum atomic E-state index is 0.581. The molecule has 0 spiro atoms. The maximum Gasteiger partial charge on any atom is 0.119 e. The molecule has 0 saturated carbocycles. The van der Waals surface area contributed by atoms with Gasteiger partial charge in [-0.05, 0) is 36.6 Å². The number of hydrogen-bond acceptors (Lipinski definition) is 3. The summed E-state index contributed by atoms with van der Waals surface area (Å²) >= 11 is 0. The molecular weight excluding hydrogens is 212 g/mol. The van der Waals surface area contributed by atoms with Crippen LogP contribution in [-0.4, -0.2) is 12.1 Å². The number of pyridine rings is 1. The molecule has 3 nitrogen and oxygen atoms in total. The molecule has 3 heteroatoms. The summed E-state index contributed by atoms with van der Waals surface area (Å²) in [5.74, 6) is 1.39. The van der Waals surface area contributed by atoms with E-state index in [0.717, 1.165) is 34.5 Å². The Morgan fingerprint density at radius 3 is 2.71 bits per heavy atom. The molecule has 2 rings (SSSR count). The van der Waals surface area contributed by atoms with Crippen molar-refractivity contribution in [3.63, 3.8) is 0 Å². The lowest BCUT2D eigenvalue weighted by atomic mass is 10.1. The second kappa shape index (κ2) is 4.62. The molecule has 1 heterocycles. The summed E-state index contributed by atoms with van der Waals surface area (Å²) in [4.78, 5) is 4.62. The Hall–Kier alpha value is -1.77. The van der Waals surface area contributed by atoms with Gasteiger partial charge in [0, 0.05) is 16.8 Å². The van der Waals surface area contributed by atoms with E-state index < -0.39 is 0 Å². The predicted octanol–water partition coefficient (Wildman–Crippen LogP) is 3.02. The number of benzene rings is 1. The zero-order chi connectivity index (χ0) is 12.4. The maximum absolute atomic E-state index is 6.06. The molecule has 2 aromatic rings. The van der Waals surface area contributed by atoms with Gasteiger partial charge >= 0.3 is 0 Å². The van der Waals surface area contributed by atoms with Gasteiger partial charge in [-0.25, -0.2) is 0 Å². The van der Waals surface area contributed by atoms with Crippen molar-refractivity contribution in [2.24, 2.45) is 5.92 Å². The van der Waals surface area contributed by atoms with Gasteiger partial charge in [-0.3, -0.25) is 4.98 Å². The highest BCUT2D eigenvalue weighted by Crippen LogP contribution is 2.25. The molecule has 0 unspecified atom stereocenters. The van der Waals surface area contributed by atoms with E-state index in [0.29, 0.717) is 5.92 Å². The van der Waals surface area contributed by atoms with E-state index in [2.05, 4.69) is 18.8 Å². The van der Waals surface area contributed by atoms with Crippen LogP contribution in [0.15, 0.2) is 24.3 Å². The molecule has 1 aromatic carbocycles. The van der Waals surface area contributed by atoms with Gasteiger partial charge in [-0.15, -0.1) is 0 Å². The van der Waals surface area contributed by atoms with E-state index in [1.165, 1.54) is 0 Å². The highest BCUT2D eigenvalue weighted by molar-refractivity contribution is 5.91. The molecule has 0 fully saturated rings. The quantitative estimate of drug-likeness (QED) is 0.881. The average molecular weight is 230 g/mol. The fourth-order valence-electron chi connectivity index (χ4n) is 1.94. The summed E-state index contributed by atoms with van der Waals surface area (Å²) < 4.78 is 5.19. The normalized spacial score (nSPS) is 11.1. The molecule has 0 bridgehead atoms. The van der Waals surface area contributed by atoms with Crippen molar-refractivity contribution in [3.05, 3.63) is 30.0 Å². The largest absolute Gasteiger partial charge is 0.497 e. The monoisotopic (exact) mass is 230 g/mol. The Balaban J connectivity index is 2.51. The fourth-order valence-corrected chi connectivity index (χ4v) is 1.94. The van der Waals surface area contributed by atoms with Crippen molar-refractivity contribution >= 4 is 16.6 Å². The summed E-state index contributed by atoms with van der Waals surface area (Å²) in [6.45, 7) is 4.35. The van der Waals surface area contributed by atoms with Crippen LogP contribution in [0.2, 0.25) is 0 Å². The first-order valence-corrected chi connectivity index (χ1v) is 5.83. The van der Waals surface area contributed by atoms with Crippen LogP contribution in [0.3, 0.4) is 0 Å². The number of nitrogen functional groups attached to an aromatic ring is 1. The van der Waals surface area contributed by atoms with E-state index >= 15 is 0 Å². The van der Waals surface area contributed by atoms with Gasteiger partial charge in [0.1, 0.15) is 5.75 Å². The first-order chi connectivity index (χ1) is 8.10. The second-order valence-electron chi connectivity index (χ2n) is 4.68. The Morgan fingerprint density at radius 2 is 2.06 bits per heavy atom. The van der Waals surface area contributed by atoms with Gasteiger partial charge in [0.25, 0.3) is 0 Å². The molecular formula is C14H18N2O. The van der Waals surface area contributed by atoms with Gasteiger partial charge in [-0.2, -0.15) is 0 Å². The van der Waals surface area contributed by atoms with E-state index in [1.807, 2.05) is 24.3 Å². The number of fused-ring (bicyclic) bond motifs is 1. The highest BCUT2D eigenvalue weighted by atomic mass is 16.5. The molecule has 0 aliphatic carbocycles. The summed E-state index contributed by atoms with van der Waals surface area (Å²) in [5.41, 5.74) is 8.81. The zero-order valence-electron chi connectivity index (χ0n) is 10.5. The van der Waals surface area contributed by atoms with E-state index in [4.69, 9.17) is 10.5 Å². The minimum Gasteiger partial charge on any atom is -0.497 e. The first-order valence-electron chi connectivity index (χ1n) is 5.83. The summed E-state index contributed by atoms with van der Waals surface area (Å²) in [6.07, 6.45) is 0.951. The fraction of sp³-hybridized carbons (Fsp3) is 0.357. The highest BCUT2D eigenvalue weighted by Gasteiger charge is 2.06. The van der Waals surface area contributed by atoms with Crippen molar-refractivity contribution < 1.29 is 4.74 Å². The number of methoxy groups -OCH3 is 1. The van der Waals surface area contributed by atoms with Crippen LogP contribution in [0.25, 0.3) is 10.9 Å². The topological polar surface area (TPSA) is 48.1 Å². The first kappa shape index (κ1) is 11.7. The third-order valence-corrected chi connectivity index (χ3v) is 2.72. The number of hydrogen-bond donors (Lipinski definition) is 1. The van der Waals surface area contributed by atoms with Crippen LogP contribution < -0.4 is 10.5 Å². The van der Waals surface area contributed by atoms with Gasteiger partial charge in [0.15, 0.2) is 0 Å². The van der Waals surface area contributed by atoms with Crippen LogP contribution in [-0.2, 0) is 6.42 Å². The molecule has 1 aromatic heterocycles. The average Bonchev–Trinajstić information content (AvgIpc) is 2.28. The van der Waals surface area contributed by atoms with Crippen molar-refractivity contribution in [1.82, 2.24) is 4.98 Å². The van der Waals surface area contributed by atoms with Crippen molar-refractivity contribution in [2.45, 2.75) is 20.3 Å². The SMILES string of the molecule is COc1ccc2nc(CC(C)C)cc(N)c2c1. The van der Waals surface area contributed by atoms with Crippen LogP contribution >= 0.6 is 0 Å². The number of rotatable bonds is 3. The van der Waals surface area contributed by atoms with Gasteiger partial charge < -0.3 is 10.5 Å². The molecule has 0 aliphatic heterocycles. The van der Waals surface area contributed by atoms with Crippen molar-refractivity contribution in [1.29, 1.82) is 0 Å². The van der Waals surface area contributed by atoms with Crippen molar-refractivity contribution in [2.75, 3.05) is 12.8 Å². The Labute approximate surface area is 102 Å². The minimum absolute atomic E-state index is 0.581. The smallest absolute Gasteiger partial charge is 0.119 e. The second-order valence-corrected chi connectivity index (χ2v) is 4.68. The molecule has 2 N–H and O–H groups in total. The standard InChI is InChI=1S/C14H18N2O/c1-9(2)6-10-7-13(15)12-8-11(17-3)4-5-14(12)16-10/h4-5,7-9H,6H2,1-3H3,(H2,15,16). The lowest BCUT2D eigenvalue weighted by Gasteiger charge is -2.09. The summed E-state index contributed by atoms with van der Waals surface area (Å²) in [7, 11) is 1.65. The third-order valence-electron chi connectivity index (χ3n) is 2.72. The summed E-state index contributed by atoms with van der Waals surface area (Å²) in [5, 5.41) is 0.955. The van der Waals surface area contributed by atoms with E-state index in [-0.39, 0.29) is 0 Å². The molecule has 0 aliphatic rings. The molecule has 0 radical (unpaired) electrons. The van der Waals surface area contributed by atoms with E-state index in [9.17, 15) is 0 Å². The summed E-state index contributed by atoms with van der Waals surface area (Å²) in [6, 6.07) is 7.75. The Bertz CT molecular complexity index is 535. The zero-order valence-corrected chi connectivity index (χ0v) is 10.5. The molecule has 0 atom stereocenters. The van der Waals surface area contributed by atoms with Gasteiger partial charge in [0.2, 0.25) is 0 Å². The number of anilines is 1. The van der Waals surface area contributed by atoms with Gasteiger partial charge in [-0.1, -0.05) is 13.8 Å².